The van der Waals surface area contributed by atoms with Crippen LogP contribution in [0.1, 0.15) is 31.4 Å². The number of allylic oxidation sites excluding steroid dienone is 1. The third-order valence-corrected chi connectivity index (χ3v) is 5.73. The highest BCUT2D eigenvalue weighted by Gasteiger charge is 2.21. The van der Waals surface area contributed by atoms with Gasteiger partial charge < -0.3 is 4.74 Å². The summed E-state index contributed by atoms with van der Waals surface area (Å²) in [7, 11) is -1.94. The molecule has 0 unspecified atom stereocenters. The minimum Gasteiger partial charge on any atom is -0.497 e. The van der Waals surface area contributed by atoms with E-state index in [9.17, 15) is 8.42 Å². The number of hydrogen-bond acceptors (Lipinski definition) is 3. The van der Waals surface area contributed by atoms with Crippen molar-refractivity contribution >= 4 is 15.6 Å². The van der Waals surface area contributed by atoms with Crippen LogP contribution in [0.15, 0.2) is 59.6 Å². The summed E-state index contributed by atoms with van der Waals surface area (Å²) < 4.78 is 32.5. The first-order chi connectivity index (χ1) is 11.9. The molecule has 134 valence electrons. The fourth-order valence-corrected chi connectivity index (χ4v) is 3.94. The van der Waals surface area contributed by atoms with Crippen molar-refractivity contribution in [2.24, 2.45) is 0 Å². The Balaban J connectivity index is 2.36. The van der Waals surface area contributed by atoms with Gasteiger partial charge in [-0.3, -0.25) is 4.31 Å². The van der Waals surface area contributed by atoms with Gasteiger partial charge >= 0.3 is 0 Å². The monoisotopic (exact) mass is 359 g/mol. The molecule has 0 fully saturated rings. The van der Waals surface area contributed by atoms with Crippen molar-refractivity contribution in [2.45, 2.75) is 32.1 Å². The quantitative estimate of drug-likeness (QED) is 0.733. The Hall–Kier alpha value is -2.27. The summed E-state index contributed by atoms with van der Waals surface area (Å²) in [6.07, 6.45) is 2.44. The van der Waals surface area contributed by atoms with Crippen molar-refractivity contribution in [3.63, 3.8) is 0 Å². The van der Waals surface area contributed by atoms with Crippen LogP contribution in [0, 0.1) is 6.92 Å². The third-order valence-electron chi connectivity index (χ3n) is 3.95. The Morgan fingerprint density at radius 3 is 2.20 bits per heavy atom. The molecule has 0 aliphatic carbocycles. The van der Waals surface area contributed by atoms with Gasteiger partial charge in [-0.15, -0.1) is 0 Å². The van der Waals surface area contributed by atoms with E-state index in [2.05, 4.69) is 0 Å². The predicted molar refractivity (Wildman–Crippen MR) is 102 cm³/mol. The van der Waals surface area contributed by atoms with Crippen LogP contribution in [0.25, 0.3) is 5.57 Å². The number of nitrogens with zero attached hydrogens (tertiary/aromatic N) is 1. The van der Waals surface area contributed by atoms with Crippen molar-refractivity contribution in [3.05, 3.63) is 65.9 Å². The Morgan fingerprint density at radius 2 is 1.68 bits per heavy atom. The van der Waals surface area contributed by atoms with Gasteiger partial charge in [-0.25, -0.2) is 8.42 Å². The second kappa shape index (κ2) is 8.21. The second-order valence-corrected chi connectivity index (χ2v) is 7.86. The highest BCUT2D eigenvalue weighted by Crippen LogP contribution is 2.22. The summed E-state index contributed by atoms with van der Waals surface area (Å²) in [5.74, 6) is 0.772. The fourth-order valence-electron chi connectivity index (χ4n) is 2.46. The van der Waals surface area contributed by atoms with Crippen LogP contribution in [-0.2, 0) is 10.0 Å². The molecule has 0 bridgehead atoms. The van der Waals surface area contributed by atoms with Gasteiger partial charge in [0, 0.05) is 12.7 Å². The molecule has 0 saturated heterocycles. The summed E-state index contributed by atoms with van der Waals surface area (Å²) in [5.41, 5.74) is 2.87. The van der Waals surface area contributed by atoms with Crippen molar-refractivity contribution in [1.82, 2.24) is 4.31 Å². The van der Waals surface area contributed by atoms with Gasteiger partial charge in [-0.1, -0.05) is 36.8 Å². The summed E-state index contributed by atoms with van der Waals surface area (Å²) in [6, 6.07) is 14.5. The lowest BCUT2D eigenvalue weighted by molar-refractivity contribution is 0.415. The molecule has 0 aromatic heterocycles. The molecule has 0 aliphatic heterocycles. The van der Waals surface area contributed by atoms with Crippen LogP contribution in [0.3, 0.4) is 0 Å². The molecular weight excluding hydrogens is 334 g/mol. The van der Waals surface area contributed by atoms with Gasteiger partial charge in [0.05, 0.1) is 12.0 Å². The average molecular weight is 359 g/mol. The first kappa shape index (κ1) is 19.1. The molecule has 0 N–H and O–H groups in total. The lowest BCUT2D eigenvalue weighted by Gasteiger charge is -2.21. The van der Waals surface area contributed by atoms with E-state index in [-0.39, 0.29) is 0 Å². The van der Waals surface area contributed by atoms with Crippen LogP contribution in [-0.4, -0.2) is 26.4 Å². The molecular formula is C20H25NO3S. The van der Waals surface area contributed by atoms with E-state index >= 15 is 0 Å². The zero-order valence-electron chi connectivity index (χ0n) is 15.2. The Morgan fingerprint density at radius 1 is 1.08 bits per heavy atom. The first-order valence-corrected chi connectivity index (χ1v) is 9.74. The molecule has 2 aromatic rings. The second-order valence-electron chi connectivity index (χ2n) is 5.97. The molecule has 25 heavy (non-hydrogen) atoms. The average Bonchev–Trinajstić information content (AvgIpc) is 2.61. The van der Waals surface area contributed by atoms with E-state index in [4.69, 9.17) is 4.74 Å². The summed E-state index contributed by atoms with van der Waals surface area (Å²) in [6.45, 7) is 6.25. The molecule has 0 heterocycles. The Bertz CT molecular complexity index is 822. The van der Waals surface area contributed by atoms with E-state index < -0.39 is 10.0 Å². The summed E-state index contributed by atoms with van der Waals surface area (Å²) in [4.78, 5) is 0.310. The largest absolute Gasteiger partial charge is 0.497 e. The van der Waals surface area contributed by atoms with Crippen LogP contribution >= 0.6 is 0 Å². The Labute approximate surface area is 150 Å². The van der Waals surface area contributed by atoms with E-state index in [1.54, 1.807) is 25.4 Å². The number of rotatable bonds is 7. The molecule has 0 radical (unpaired) electrons. The van der Waals surface area contributed by atoms with E-state index in [1.165, 1.54) is 4.31 Å². The molecule has 2 aromatic carbocycles. The number of sulfonamides is 1. The van der Waals surface area contributed by atoms with Crippen LogP contribution in [0.2, 0.25) is 0 Å². The van der Waals surface area contributed by atoms with Crippen molar-refractivity contribution in [2.75, 3.05) is 13.7 Å². The van der Waals surface area contributed by atoms with Crippen LogP contribution in [0.5, 0.6) is 5.75 Å². The van der Waals surface area contributed by atoms with Crippen molar-refractivity contribution in [3.8, 4) is 5.75 Å². The fraction of sp³-hybridized carbons (Fsp3) is 0.300. The zero-order valence-corrected chi connectivity index (χ0v) is 16.0. The molecule has 2 rings (SSSR count). The topological polar surface area (TPSA) is 46.6 Å². The van der Waals surface area contributed by atoms with Crippen LogP contribution < -0.4 is 4.74 Å². The number of benzene rings is 2. The Kier molecular flexibility index (Phi) is 6.26. The van der Waals surface area contributed by atoms with E-state index in [0.29, 0.717) is 11.4 Å². The normalized spacial score (nSPS) is 12.1. The molecule has 4 nitrogen and oxygen atoms in total. The summed E-state index contributed by atoms with van der Waals surface area (Å²) in [5, 5.41) is 0. The lowest BCUT2D eigenvalue weighted by Crippen LogP contribution is -2.27. The molecule has 0 spiro atoms. The molecule has 0 aliphatic rings. The van der Waals surface area contributed by atoms with Gasteiger partial charge in [0.1, 0.15) is 5.75 Å². The maximum atomic E-state index is 13.0. The van der Waals surface area contributed by atoms with Gasteiger partial charge in [-0.2, -0.15) is 0 Å². The smallest absolute Gasteiger partial charge is 0.263 e. The molecule has 5 heteroatoms. The lowest BCUT2D eigenvalue weighted by atomic mass is 10.1. The highest BCUT2D eigenvalue weighted by atomic mass is 32.2. The van der Waals surface area contributed by atoms with Crippen molar-refractivity contribution in [1.29, 1.82) is 0 Å². The highest BCUT2D eigenvalue weighted by molar-refractivity contribution is 7.89. The third kappa shape index (κ3) is 4.63. The molecule has 0 atom stereocenters. The van der Waals surface area contributed by atoms with Gasteiger partial charge in [0.15, 0.2) is 0 Å². The standard InChI is InChI=1S/C20H25NO3S/c1-5-14-21(25(22,23)20-12-6-16(2)7-13-20)15-17(3)18-8-10-19(24-4)11-9-18/h6-13,15H,5,14H2,1-4H3. The maximum absolute atomic E-state index is 13.0. The maximum Gasteiger partial charge on any atom is 0.263 e. The number of ether oxygens (including phenoxy) is 1. The van der Waals surface area contributed by atoms with Gasteiger partial charge in [-0.05, 0) is 55.7 Å². The summed E-state index contributed by atoms with van der Waals surface area (Å²) >= 11 is 0. The minimum absolute atomic E-state index is 0.310. The first-order valence-electron chi connectivity index (χ1n) is 8.30. The SMILES string of the molecule is CCCN(C=C(C)c1ccc(OC)cc1)S(=O)(=O)c1ccc(C)cc1. The van der Waals surface area contributed by atoms with E-state index in [1.807, 2.05) is 57.2 Å². The minimum atomic E-state index is -3.56. The molecule has 0 amide bonds. The van der Waals surface area contributed by atoms with Crippen molar-refractivity contribution < 1.29 is 13.2 Å². The number of methoxy groups -OCH3 is 1. The zero-order chi connectivity index (χ0) is 18.4. The predicted octanol–water partition coefficient (Wildman–Crippen LogP) is 4.47. The van der Waals surface area contributed by atoms with Gasteiger partial charge in [0.2, 0.25) is 0 Å². The number of hydrogen-bond donors (Lipinski definition) is 0. The van der Waals surface area contributed by atoms with E-state index in [0.717, 1.165) is 28.9 Å². The molecule has 0 saturated carbocycles. The van der Waals surface area contributed by atoms with Crippen LogP contribution in [0.4, 0.5) is 0 Å². The van der Waals surface area contributed by atoms with Gasteiger partial charge in [0.25, 0.3) is 10.0 Å². The number of aryl methyl sites for hydroxylation is 1.